The molecule has 0 amide bonds. The van der Waals surface area contributed by atoms with Crippen molar-refractivity contribution < 1.29 is 9.53 Å². The van der Waals surface area contributed by atoms with E-state index in [1.54, 1.807) is 37.7 Å². The van der Waals surface area contributed by atoms with Crippen LogP contribution in [0.4, 0.5) is 5.95 Å². The van der Waals surface area contributed by atoms with Gasteiger partial charge < -0.3 is 10.1 Å². The third-order valence-corrected chi connectivity index (χ3v) is 3.47. The first-order chi connectivity index (χ1) is 10.1. The maximum Gasteiger partial charge on any atom is 0.321 e. The summed E-state index contributed by atoms with van der Waals surface area (Å²) in [5, 5.41) is 11.5. The quantitative estimate of drug-likeness (QED) is 0.858. The number of carbonyl (C=O) groups is 1. The molecule has 1 atom stereocenters. The van der Waals surface area contributed by atoms with Crippen molar-refractivity contribution in [3.8, 4) is 0 Å². The van der Waals surface area contributed by atoms with Gasteiger partial charge in [-0.25, -0.2) is 0 Å². The molecule has 21 heavy (non-hydrogen) atoms. The lowest BCUT2D eigenvalue weighted by Gasteiger charge is -2.16. The van der Waals surface area contributed by atoms with Crippen LogP contribution in [0.3, 0.4) is 0 Å². The van der Waals surface area contributed by atoms with Gasteiger partial charge in [0.1, 0.15) is 5.92 Å². The molecule has 1 unspecified atom stereocenters. The molecule has 0 bridgehead atoms. The molecule has 0 radical (unpaired) electrons. The summed E-state index contributed by atoms with van der Waals surface area (Å²) < 4.78 is 6.88. The van der Waals surface area contributed by atoms with Crippen LogP contribution in [0.1, 0.15) is 24.2 Å². The van der Waals surface area contributed by atoms with E-state index in [1.165, 1.54) is 0 Å². The highest BCUT2D eigenvalue weighted by Crippen LogP contribution is 2.31. The number of nitrogens with one attached hydrogen (secondary N) is 1. The first kappa shape index (κ1) is 15.3. The van der Waals surface area contributed by atoms with Crippen LogP contribution in [0.5, 0.6) is 0 Å². The lowest BCUT2D eigenvalue weighted by molar-refractivity contribution is -0.144. The number of benzene rings is 1. The molecule has 1 aromatic heterocycles. The zero-order chi connectivity index (χ0) is 15.4. The Morgan fingerprint density at radius 1 is 1.43 bits per heavy atom. The maximum absolute atomic E-state index is 12.4. The predicted molar refractivity (Wildman–Crippen MR) is 80.5 cm³/mol. The minimum absolute atomic E-state index is 0.288. The molecule has 0 fully saturated rings. The van der Waals surface area contributed by atoms with Crippen molar-refractivity contribution in [3.63, 3.8) is 0 Å². The summed E-state index contributed by atoms with van der Waals surface area (Å²) in [4.78, 5) is 12.4. The minimum atomic E-state index is -0.710. The summed E-state index contributed by atoms with van der Waals surface area (Å²) >= 11 is 6.23. The lowest BCUT2D eigenvalue weighted by atomic mass is 9.98. The van der Waals surface area contributed by atoms with Crippen LogP contribution in [-0.2, 0) is 16.6 Å². The number of hydrogen-bond acceptors (Lipinski definition) is 5. The molecule has 2 rings (SSSR count). The van der Waals surface area contributed by atoms with E-state index in [4.69, 9.17) is 16.3 Å². The van der Waals surface area contributed by atoms with Crippen LogP contribution in [0.2, 0.25) is 5.02 Å². The van der Waals surface area contributed by atoms with E-state index in [1.807, 2.05) is 12.1 Å². The molecule has 2 aromatic rings. The van der Waals surface area contributed by atoms with Gasteiger partial charge in [0, 0.05) is 19.1 Å². The van der Waals surface area contributed by atoms with Crippen LogP contribution in [-0.4, -0.2) is 34.4 Å². The molecule has 1 heterocycles. The molecule has 112 valence electrons. The van der Waals surface area contributed by atoms with Gasteiger partial charge in [-0.05, 0) is 18.6 Å². The molecule has 6 nitrogen and oxygen atoms in total. The van der Waals surface area contributed by atoms with Gasteiger partial charge in [-0.15, -0.1) is 10.2 Å². The predicted octanol–water partition coefficient (Wildman–Crippen LogP) is 2.21. The molecular weight excluding hydrogens is 292 g/mol. The maximum atomic E-state index is 12.4. The Kier molecular flexibility index (Phi) is 4.80. The fraction of sp³-hybridized carbons (Fsp3) is 0.357. The Morgan fingerprint density at radius 3 is 2.71 bits per heavy atom. The van der Waals surface area contributed by atoms with Crippen LogP contribution in [0.25, 0.3) is 0 Å². The summed E-state index contributed by atoms with van der Waals surface area (Å²) in [6, 6.07) is 7.16. The number of carbonyl (C=O) groups excluding carboxylic acids is 1. The van der Waals surface area contributed by atoms with Gasteiger partial charge in [0.25, 0.3) is 0 Å². The standard InChI is InChI=1S/C14H17ClN4O2/c1-4-21-13(20)11(9-7-5-6-8-10(9)15)12-17-18-14(16-2)19(12)3/h5-8,11H,4H2,1-3H3,(H,16,18). The summed E-state index contributed by atoms with van der Waals surface area (Å²) in [6.45, 7) is 2.05. The second-order valence-electron chi connectivity index (χ2n) is 4.40. The molecule has 0 saturated heterocycles. The number of ether oxygens (including phenoxy) is 1. The fourth-order valence-electron chi connectivity index (χ4n) is 2.12. The average molecular weight is 309 g/mol. The van der Waals surface area contributed by atoms with Gasteiger partial charge in [-0.3, -0.25) is 9.36 Å². The summed E-state index contributed by atoms with van der Waals surface area (Å²) in [5.41, 5.74) is 0.649. The normalized spacial score (nSPS) is 12.0. The van der Waals surface area contributed by atoms with Crippen molar-refractivity contribution in [2.24, 2.45) is 7.05 Å². The Hall–Kier alpha value is -2.08. The van der Waals surface area contributed by atoms with Crippen LogP contribution in [0, 0.1) is 0 Å². The highest BCUT2D eigenvalue weighted by Gasteiger charge is 2.31. The molecule has 7 heteroatoms. The van der Waals surface area contributed by atoms with Gasteiger partial charge in [0.2, 0.25) is 5.95 Å². The third-order valence-electron chi connectivity index (χ3n) is 3.13. The van der Waals surface area contributed by atoms with Crippen LogP contribution >= 0.6 is 11.6 Å². The molecule has 1 N–H and O–H groups in total. The Labute approximate surface area is 128 Å². The largest absolute Gasteiger partial charge is 0.465 e. The highest BCUT2D eigenvalue weighted by atomic mass is 35.5. The Balaban J connectivity index is 2.53. The highest BCUT2D eigenvalue weighted by molar-refractivity contribution is 6.31. The number of esters is 1. The Bertz CT molecular complexity index is 642. The van der Waals surface area contributed by atoms with Crippen LogP contribution in [0.15, 0.2) is 24.3 Å². The van der Waals surface area contributed by atoms with E-state index in [0.29, 0.717) is 22.4 Å². The topological polar surface area (TPSA) is 69.0 Å². The first-order valence-electron chi connectivity index (χ1n) is 6.58. The van der Waals surface area contributed by atoms with E-state index in [-0.39, 0.29) is 6.61 Å². The molecule has 0 saturated carbocycles. The van der Waals surface area contributed by atoms with Crippen molar-refractivity contribution in [2.45, 2.75) is 12.8 Å². The van der Waals surface area contributed by atoms with Crippen molar-refractivity contribution in [1.29, 1.82) is 0 Å². The molecular formula is C14H17ClN4O2. The minimum Gasteiger partial charge on any atom is -0.465 e. The molecule has 0 aliphatic heterocycles. The SMILES string of the molecule is CCOC(=O)C(c1ccccc1Cl)c1nnc(NC)n1C. The number of hydrogen-bond donors (Lipinski definition) is 1. The number of nitrogens with zero attached hydrogens (tertiary/aromatic N) is 3. The van der Waals surface area contributed by atoms with Gasteiger partial charge in [0.15, 0.2) is 5.82 Å². The second-order valence-corrected chi connectivity index (χ2v) is 4.80. The zero-order valence-electron chi connectivity index (χ0n) is 12.1. The van der Waals surface area contributed by atoms with Crippen LogP contribution < -0.4 is 5.32 Å². The van der Waals surface area contributed by atoms with Gasteiger partial charge >= 0.3 is 5.97 Å². The monoisotopic (exact) mass is 308 g/mol. The van der Waals surface area contributed by atoms with E-state index in [2.05, 4.69) is 15.5 Å². The summed E-state index contributed by atoms with van der Waals surface area (Å²) in [6.07, 6.45) is 0. The number of halogens is 1. The molecule has 0 aliphatic rings. The molecule has 0 spiro atoms. The van der Waals surface area contributed by atoms with Crippen molar-refractivity contribution in [2.75, 3.05) is 19.0 Å². The van der Waals surface area contributed by atoms with Gasteiger partial charge in [-0.2, -0.15) is 0 Å². The van der Waals surface area contributed by atoms with Gasteiger partial charge in [0.05, 0.1) is 6.61 Å². The summed E-state index contributed by atoms with van der Waals surface area (Å²) in [5.74, 6) is -0.0701. The van der Waals surface area contributed by atoms with Crippen molar-refractivity contribution >= 4 is 23.5 Å². The zero-order valence-corrected chi connectivity index (χ0v) is 12.9. The first-order valence-corrected chi connectivity index (χ1v) is 6.96. The number of anilines is 1. The Morgan fingerprint density at radius 2 is 2.14 bits per heavy atom. The van der Waals surface area contributed by atoms with E-state index >= 15 is 0 Å². The van der Waals surface area contributed by atoms with Crippen molar-refractivity contribution in [1.82, 2.24) is 14.8 Å². The number of rotatable bonds is 5. The van der Waals surface area contributed by atoms with Crippen molar-refractivity contribution in [3.05, 3.63) is 40.7 Å². The lowest BCUT2D eigenvalue weighted by Crippen LogP contribution is -2.21. The molecule has 1 aromatic carbocycles. The smallest absolute Gasteiger partial charge is 0.321 e. The third kappa shape index (κ3) is 3.00. The second kappa shape index (κ2) is 6.58. The summed E-state index contributed by atoms with van der Waals surface area (Å²) in [7, 11) is 3.52. The average Bonchev–Trinajstić information content (AvgIpc) is 2.83. The van der Waals surface area contributed by atoms with Gasteiger partial charge in [-0.1, -0.05) is 29.8 Å². The van der Waals surface area contributed by atoms with E-state index < -0.39 is 11.9 Å². The number of aromatic nitrogens is 3. The van der Waals surface area contributed by atoms with E-state index in [0.717, 1.165) is 0 Å². The molecule has 0 aliphatic carbocycles. The fourth-order valence-corrected chi connectivity index (χ4v) is 2.36. The van der Waals surface area contributed by atoms with E-state index in [9.17, 15) is 4.79 Å².